The molecule has 1 aliphatic heterocycles. The van der Waals surface area contributed by atoms with E-state index >= 15 is 0 Å². The van der Waals surface area contributed by atoms with E-state index in [9.17, 15) is 0 Å². The Balaban J connectivity index is 1.85. The van der Waals surface area contributed by atoms with Gasteiger partial charge in [0.25, 0.3) is 0 Å². The van der Waals surface area contributed by atoms with Crippen LogP contribution < -0.4 is 0 Å². The molecule has 0 aromatic carbocycles. The molecule has 1 aromatic heterocycles. The third-order valence-electron chi connectivity index (χ3n) is 2.78. The number of hydrogen-bond acceptors (Lipinski definition) is 2. The van der Waals surface area contributed by atoms with Crippen LogP contribution in [0.2, 0.25) is 0 Å². The molecule has 78 valence electrons. The van der Waals surface area contributed by atoms with Crippen molar-refractivity contribution in [3.05, 3.63) is 18.2 Å². The van der Waals surface area contributed by atoms with Crippen molar-refractivity contribution in [2.75, 3.05) is 11.5 Å². The first-order valence-electron chi connectivity index (χ1n) is 4.95. The number of imidazole rings is 1. The van der Waals surface area contributed by atoms with Crippen molar-refractivity contribution in [3.63, 3.8) is 0 Å². The molecule has 2 rings (SSSR count). The summed E-state index contributed by atoms with van der Waals surface area (Å²) < 4.78 is 2.12. The van der Waals surface area contributed by atoms with Crippen molar-refractivity contribution < 1.29 is 0 Å². The molecule has 2 nitrogen and oxygen atoms in total. The lowest BCUT2D eigenvalue weighted by Gasteiger charge is -2.12. The van der Waals surface area contributed by atoms with Crippen LogP contribution in [0.5, 0.6) is 0 Å². The molecule has 2 heterocycles. The van der Waals surface area contributed by atoms with Gasteiger partial charge in [-0.3, -0.25) is 0 Å². The lowest BCUT2D eigenvalue weighted by atomic mass is 10.0. The molecule has 1 saturated heterocycles. The Morgan fingerprint density at radius 1 is 1.64 bits per heavy atom. The summed E-state index contributed by atoms with van der Waals surface area (Å²) in [5.41, 5.74) is 0. The highest BCUT2D eigenvalue weighted by Gasteiger charge is 2.25. The molecule has 1 fully saturated rings. The SMILES string of the molecule is Cn1ccnc1CCC1CSCC1Br. The van der Waals surface area contributed by atoms with E-state index in [1.165, 1.54) is 23.8 Å². The van der Waals surface area contributed by atoms with Crippen LogP contribution in [-0.4, -0.2) is 25.9 Å². The Hall–Kier alpha value is 0.0400. The lowest BCUT2D eigenvalue weighted by molar-refractivity contribution is 0.547. The second kappa shape index (κ2) is 4.71. The fourth-order valence-electron chi connectivity index (χ4n) is 1.79. The lowest BCUT2D eigenvalue weighted by Crippen LogP contribution is -2.13. The highest BCUT2D eigenvalue weighted by molar-refractivity contribution is 9.09. The fraction of sp³-hybridized carbons (Fsp3) is 0.700. The molecule has 1 aromatic rings. The van der Waals surface area contributed by atoms with Crippen LogP contribution in [-0.2, 0) is 13.5 Å². The van der Waals surface area contributed by atoms with Crippen molar-refractivity contribution in [2.45, 2.75) is 17.7 Å². The molecule has 0 amide bonds. The van der Waals surface area contributed by atoms with E-state index in [-0.39, 0.29) is 0 Å². The normalized spacial score (nSPS) is 27.0. The van der Waals surface area contributed by atoms with Crippen molar-refractivity contribution in [3.8, 4) is 0 Å². The Bertz CT molecular complexity index is 300. The van der Waals surface area contributed by atoms with Gasteiger partial charge in [-0.25, -0.2) is 4.98 Å². The second-order valence-corrected chi connectivity index (χ2v) is 6.06. The van der Waals surface area contributed by atoms with Gasteiger partial charge in [-0.15, -0.1) is 0 Å². The van der Waals surface area contributed by atoms with Gasteiger partial charge in [-0.2, -0.15) is 11.8 Å². The monoisotopic (exact) mass is 274 g/mol. The number of aromatic nitrogens is 2. The van der Waals surface area contributed by atoms with Crippen LogP contribution in [0.3, 0.4) is 0 Å². The van der Waals surface area contributed by atoms with Gasteiger partial charge in [0.05, 0.1) is 0 Å². The zero-order valence-electron chi connectivity index (χ0n) is 8.32. The largest absolute Gasteiger partial charge is 0.338 e. The molecule has 0 radical (unpaired) electrons. The highest BCUT2D eigenvalue weighted by atomic mass is 79.9. The number of halogens is 1. The molecule has 4 heteroatoms. The molecule has 0 spiro atoms. The van der Waals surface area contributed by atoms with Crippen molar-refractivity contribution in [1.82, 2.24) is 9.55 Å². The standard InChI is InChI=1S/C10H15BrN2S/c1-13-5-4-12-10(13)3-2-8-6-14-7-9(8)11/h4-5,8-9H,2-3,6-7H2,1H3. The van der Waals surface area contributed by atoms with Gasteiger partial charge in [0.15, 0.2) is 0 Å². The molecule has 1 aliphatic rings. The first-order valence-corrected chi connectivity index (χ1v) is 7.02. The first kappa shape index (κ1) is 10.6. The summed E-state index contributed by atoms with van der Waals surface area (Å²) in [4.78, 5) is 5.06. The molecule has 0 bridgehead atoms. The van der Waals surface area contributed by atoms with Crippen LogP contribution in [0.15, 0.2) is 12.4 Å². The highest BCUT2D eigenvalue weighted by Crippen LogP contribution is 2.32. The van der Waals surface area contributed by atoms with Crippen molar-refractivity contribution in [1.29, 1.82) is 0 Å². The fourth-order valence-corrected chi connectivity index (χ4v) is 4.38. The average Bonchev–Trinajstić information content (AvgIpc) is 2.72. The third-order valence-corrected chi connectivity index (χ3v) is 5.54. The maximum absolute atomic E-state index is 4.34. The zero-order chi connectivity index (χ0) is 9.97. The summed E-state index contributed by atoms with van der Waals surface area (Å²) in [6, 6.07) is 0. The van der Waals surface area contributed by atoms with Crippen LogP contribution in [0.4, 0.5) is 0 Å². The summed E-state index contributed by atoms with van der Waals surface area (Å²) in [7, 11) is 2.07. The van der Waals surface area contributed by atoms with Gasteiger partial charge in [0, 0.05) is 36.4 Å². The molecule has 2 unspecified atom stereocenters. The van der Waals surface area contributed by atoms with Crippen LogP contribution >= 0.6 is 27.7 Å². The van der Waals surface area contributed by atoms with E-state index in [1.54, 1.807) is 0 Å². The van der Waals surface area contributed by atoms with Gasteiger partial charge in [-0.05, 0) is 18.1 Å². The molecule has 0 saturated carbocycles. The summed E-state index contributed by atoms with van der Waals surface area (Å²) in [6.45, 7) is 0. The number of thioether (sulfide) groups is 1. The van der Waals surface area contributed by atoms with E-state index in [2.05, 4.69) is 44.3 Å². The second-order valence-electron chi connectivity index (χ2n) is 3.81. The van der Waals surface area contributed by atoms with Crippen LogP contribution in [0.25, 0.3) is 0 Å². The van der Waals surface area contributed by atoms with Gasteiger partial charge < -0.3 is 4.57 Å². The van der Waals surface area contributed by atoms with Gasteiger partial charge in [0.2, 0.25) is 0 Å². The maximum atomic E-state index is 4.34. The van der Waals surface area contributed by atoms with E-state index in [4.69, 9.17) is 0 Å². The first-order chi connectivity index (χ1) is 6.77. The minimum Gasteiger partial charge on any atom is -0.338 e. The average molecular weight is 275 g/mol. The quantitative estimate of drug-likeness (QED) is 0.789. The van der Waals surface area contributed by atoms with Gasteiger partial charge in [0.1, 0.15) is 5.82 Å². The third kappa shape index (κ3) is 2.34. The topological polar surface area (TPSA) is 17.8 Å². The van der Waals surface area contributed by atoms with Gasteiger partial charge >= 0.3 is 0 Å². The number of hydrogen-bond donors (Lipinski definition) is 0. The molecule has 0 N–H and O–H groups in total. The molecule has 14 heavy (non-hydrogen) atoms. The van der Waals surface area contributed by atoms with Gasteiger partial charge in [-0.1, -0.05) is 15.9 Å². The number of alkyl halides is 1. The Morgan fingerprint density at radius 2 is 2.50 bits per heavy atom. The predicted molar refractivity (Wildman–Crippen MR) is 65.1 cm³/mol. The molecular formula is C10H15BrN2S. The van der Waals surface area contributed by atoms with E-state index in [1.807, 2.05) is 12.4 Å². The van der Waals surface area contributed by atoms with Crippen molar-refractivity contribution in [2.24, 2.45) is 13.0 Å². The molecule has 0 aliphatic carbocycles. The minimum absolute atomic E-state index is 0.716. The van der Waals surface area contributed by atoms with E-state index < -0.39 is 0 Å². The Kier molecular flexibility index (Phi) is 3.55. The number of aryl methyl sites for hydroxylation is 2. The Labute approximate surface area is 97.6 Å². The van der Waals surface area contributed by atoms with Crippen LogP contribution in [0.1, 0.15) is 12.2 Å². The number of rotatable bonds is 3. The predicted octanol–water partition coefficient (Wildman–Crippen LogP) is 2.48. The van der Waals surface area contributed by atoms with E-state index in [0.29, 0.717) is 4.83 Å². The number of nitrogens with zero attached hydrogens (tertiary/aromatic N) is 2. The summed E-state index contributed by atoms with van der Waals surface area (Å²) in [6.07, 6.45) is 6.26. The molecule has 2 atom stereocenters. The van der Waals surface area contributed by atoms with E-state index in [0.717, 1.165) is 12.3 Å². The minimum atomic E-state index is 0.716. The maximum Gasteiger partial charge on any atom is 0.108 e. The Morgan fingerprint density at radius 3 is 3.07 bits per heavy atom. The smallest absolute Gasteiger partial charge is 0.108 e. The van der Waals surface area contributed by atoms with Crippen LogP contribution in [0, 0.1) is 5.92 Å². The summed E-state index contributed by atoms with van der Waals surface area (Å²) >= 11 is 5.80. The van der Waals surface area contributed by atoms with Crippen molar-refractivity contribution >= 4 is 27.7 Å². The summed E-state index contributed by atoms with van der Waals surface area (Å²) in [5.74, 6) is 4.62. The zero-order valence-corrected chi connectivity index (χ0v) is 10.7. The molecular weight excluding hydrogens is 260 g/mol. The summed E-state index contributed by atoms with van der Waals surface area (Å²) in [5, 5.41) is 0.